The first-order valence-electron chi connectivity index (χ1n) is 9.06. The predicted octanol–water partition coefficient (Wildman–Crippen LogP) is 4.10. The fraction of sp³-hybridized carbons (Fsp3) is 0.684. The first kappa shape index (κ1) is 18.7. The SMILES string of the molecule is CCCO[C@]1(C(=O)Nc2ccc(OCC)nc2C)CCC[C@@H](C)C1. The highest BCUT2D eigenvalue weighted by Crippen LogP contribution is 2.36. The summed E-state index contributed by atoms with van der Waals surface area (Å²) in [5.74, 6) is 1.04. The lowest BCUT2D eigenvalue weighted by molar-refractivity contribution is -0.148. The van der Waals surface area contributed by atoms with Gasteiger partial charge in [-0.1, -0.05) is 20.3 Å². The van der Waals surface area contributed by atoms with Crippen LogP contribution in [0.1, 0.15) is 58.6 Å². The van der Waals surface area contributed by atoms with Gasteiger partial charge in [0.05, 0.1) is 18.0 Å². The van der Waals surface area contributed by atoms with Crippen LogP contribution in [0.2, 0.25) is 0 Å². The molecule has 1 amide bonds. The van der Waals surface area contributed by atoms with Gasteiger partial charge in [0.2, 0.25) is 5.88 Å². The third-order valence-corrected chi connectivity index (χ3v) is 4.55. The van der Waals surface area contributed by atoms with E-state index in [2.05, 4.69) is 24.1 Å². The molecule has 0 radical (unpaired) electrons. The van der Waals surface area contributed by atoms with E-state index < -0.39 is 5.60 Å². The predicted molar refractivity (Wildman–Crippen MR) is 95.4 cm³/mol. The normalized spacial score (nSPS) is 23.8. The average molecular weight is 334 g/mol. The molecule has 2 atom stereocenters. The van der Waals surface area contributed by atoms with Crippen molar-refractivity contribution in [3.05, 3.63) is 17.8 Å². The molecule has 24 heavy (non-hydrogen) atoms. The number of carbonyl (C=O) groups excluding carboxylic acids is 1. The minimum atomic E-state index is -0.710. The van der Waals surface area contributed by atoms with Crippen molar-refractivity contribution in [3.63, 3.8) is 0 Å². The second kappa shape index (κ2) is 8.47. The number of nitrogens with zero attached hydrogens (tertiary/aromatic N) is 1. The number of nitrogens with one attached hydrogen (secondary N) is 1. The summed E-state index contributed by atoms with van der Waals surface area (Å²) in [7, 11) is 0. The van der Waals surface area contributed by atoms with E-state index in [1.54, 1.807) is 6.07 Å². The number of ether oxygens (including phenoxy) is 2. The van der Waals surface area contributed by atoms with Crippen LogP contribution in [-0.2, 0) is 9.53 Å². The largest absolute Gasteiger partial charge is 0.478 e. The Morgan fingerprint density at radius 1 is 1.42 bits per heavy atom. The molecule has 0 unspecified atom stereocenters. The molecule has 0 bridgehead atoms. The van der Waals surface area contributed by atoms with Gasteiger partial charge in [-0.15, -0.1) is 0 Å². The van der Waals surface area contributed by atoms with Crippen LogP contribution >= 0.6 is 0 Å². The second-order valence-corrected chi connectivity index (χ2v) is 6.71. The molecule has 0 saturated heterocycles. The maximum atomic E-state index is 13.0. The summed E-state index contributed by atoms with van der Waals surface area (Å²) in [6.07, 6.45) is 4.66. The van der Waals surface area contributed by atoms with Crippen LogP contribution in [0.25, 0.3) is 0 Å². The molecule has 5 nitrogen and oxygen atoms in total. The fourth-order valence-corrected chi connectivity index (χ4v) is 3.34. The number of hydrogen-bond donors (Lipinski definition) is 1. The van der Waals surface area contributed by atoms with Crippen LogP contribution in [-0.4, -0.2) is 29.7 Å². The average Bonchev–Trinajstić information content (AvgIpc) is 2.55. The Kier molecular flexibility index (Phi) is 6.60. The standard InChI is InChI=1S/C19H30N2O3/c1-5-12-24-19(11-7-8-14(3)13-19)18(22)21-16-9-10-17(23-6-2)20-15(16)4/h9-10,14H,5-8,11-13H2,1-4H3,(H,21,22)/t14-,19-/m1/s1. The van der Waals surface area contributed by atoms with Crippen molar-refractivity contribution in [2.24, 2.45) is 5.92 Å². The summed E-state index contributed by atoms with van der Waals surface area (Å²) in [4.78, 5) is 17.4. The van der Waals surface area contributed by atoms with Gasteiger partial charge in [0, 0.05) is 12.7 Å². The molecule has 5 heteroatoms. The highest BCUT2D eigenvalue weighted by molar-refractivity contribution is 5.97. The van der Waals surface area contributed by atoms with E-state index in [1.807, 2.05) is 19.9 Å². The number of aromatic nitrogens is 1. The number of amides is 1. The van der Waals surface area contributed by atoms with Gasteiger partial charge in [-0.2, -0.15) is 0 Å². The zero-order valence-corrected chi connectivity index (χ0v) is 15.4. The van der Waals surface area contributed by atoms with E-state index in [4.69, 9.17) is 9.47 Å². The van der Waals surface area contributed by atoms with Gasteiger partial charge in [0.1, 0.15) is 5.60 Å². The third kappa shape index (κ3) is 4.47. The number of pyridine rings is 1. The number of carbonyl (C=O) groups is 1. The number of aryl methyl sites for hydroxylation is 1. The molecule has 1 aromatic rings. The summed E-state index contributed by atoms with van der Waals surface area (Å²) in [5.41, 5.74) is 0.767. The molecule has 1 saturated carbocycles. The van der Waals surface area contributed by atoms with E-state index >= 15 is 0 Å². The van der Waals surface area contributed by atoms with Gasteiger partial charge in [0.25, 0.3) is 5.91 Å². The highest BCUT2D eigenvalue weighted by atomic mass is 16.5. The second-order valence-electron chi connectivity index (χ2n) is 6.71. The zero-order chi connectivity index (χ0) is 17.6. The molecule has 134 valence electrons. The first-order valence-corrected chi connectivity index (χ1v) is 9.06. The van der Waals surface area contributed by atoms with E-state index in [0.717, 1.165) is 43.5 Å². The number of rotatable bonds is 7. The minimum absolute atomic E-state index is 0.0449. The molecule has 1 N–H and O–H groups in total. The van der Waals surface area contributed by atoms with Crippen molar-refractivity contribution >= 4 is 11.6 Å². The van der Waals surface area contributed by atoms with E-state index in [-0.39, 0.29) is 5.91 Å². The van der Waals surface area contributed by atoms with Gasteiger partial charge >= 0.3 is 0 Å². The molecule has 1 heterocycles. The molecule has 0 aromatic carbocycles. The Labute approximate surface area is 145 Å². The van der Waals surface area contributed by atoms with Crippen LogP contribution in [0.5, 0.6) is 5.88 Å². The molecule has 0 aliphatic heterocycles. The smallest absolute Gasteiger partial charge is 0.256 e. The minimum Gasteiger partial charge on any atom is -0.478 e. The first-order chi connectivity index (χ1) is 11.5. The Balaban J connectivity index is 2.15. The van der Waals surface area contributed by atoms with Crippen molar-refractivity contribution in [2.75, 3.05) is 18.5 Å². The van der Waals surface area contributed by atoms with Crippen molar-refractivity contribution < 1.29 is 14.3 Å². The summed E-state index contributed by atoms with van der Waals surface area (Å²) in [5, 5.41) is 3.04. The fourth-order valence-electron chi connectivity index (χ4n) is 3.34. The lowest BCUT2D eigenvalue weighted by Gasteiger charge is -2.38. The molecular weight excluding hydrogens is 304 g/mol. The van der Waals surface area contributed by atoms with Gasteiger partial charge in [-0.05, 0) is 51.5 Å². The zero-order valence-electron chi connectivity index (χ0n) is 15.4. The van der Waals surface area contributed by atoms with E-state index in [9.17, 15) is 4.79 Å². The molecule has 1 fully saturated rings. The Hall–Kier alpha value is -1.62. The van der Waals surface area contributed by atoms with Gasteiger partial charge in [0.15, 0.2) is 0 Å². The van der Waals surface area contributed by atoms with Gasteiger partial charge in [-0.25, -0.2) is 4.98 Å². The van der Waals surface area contributed by atoms with Gasteiger partial charge < -0.3 is 14.8 Å². The van der Waals surface area contributed by atoms with E-state index in [1.165, 1.54) is 0 Å². The van der Waals surface area contributed by atoms with Gasteiger partial charge in [-0.3, -0.25) is 4.79 Å². The molecule has 1 aliphatic carbocycles. The number of hydrogen-bond acceptors (Lipinski definition) is 4. The van der Waals surface area contributed by atoms with Crippen LogP contribution in [0.15, 0.2) is 12.1 Å². The van der Waals surface area contributed by atoms with Crippen LogP contribution in [0.4, 0.5) is 5.69 Å². The molecule has 2 rings (SSSR count). The molecule has 1 aromatic heterocycles. The topological polar surface area (TPSA) is 60.5 Å². The lowest BCUT2D eigenvalue weighted by Crippen LogP contribution is -2.49. The quantitative estimate of drug-likeness (QED) is 0.815. The monoisotopic (exact) mass is 334 g/mol. The van der Waals surface area contributed by atoms with Crippen molar-refractivity contribution in [1.82, 2.24) is 4.98 Å². The van der Waals surface area contributed by atoms with Crippen molar-refractivity contribution in [1.29, 1.82) is 0 Å². The third-order valence-electron chi connectivity index (χ3n) is 4.55. The lowest BCUT2D eigenvalue weighted by atomic mass is 9.78. The van der Waals surface area contributed by atoms with Crippen molar-refractivity contribution in [3.8, 4) is 5.88 Å². The Bertz CT molecular complexity index is 562. The molecule has 0 spiro atoms. The van der Waals surface area contributed by atoms with Crippen LogP contribution in [0, 0.1) is 12.8 Å². The maximum Gasteiger partial charge on any atom is 0.256 e. The molecular formula is C19H30N2O3. The summed E-state index contributed by atoms with van der Waals surface area (Å²) < 4.78 is 11.5. The summed E-state index contributed by atoms with van der Waals surface area (Å²) >= 11 is 0. The van der Waals surface area contributed by atoms with E-state index in [0.29, 0.717) is 25.0 Å². The summed E-state index contributed by atoms with van der Waals surface area (Å²) in [6.45, 7) is 9.25. The number of anilines is 1. The summed E-state index contributed by atoms with van der Waals surface area (Å²) in [6, 6.07) is 3.64. The Morgan fingerprint density at radius 2 is 2.21 bits per heavy atom. The van der Waals surface area contributed by atoms with Crippen molar-refractivity contribution in [2.45, 2.75) is 65.4 Å². The Morgan fingerprint density at radius 3 is 2.83 bits per heavy atom. The highest BCUT2D eigenvalue weighted by Gasteiger charge is 2.42. The van der Waals surface area contributed by atoms with Crippen LogP contribution in [0.3, 0.4) is 0 Å². The van der Waals surface area contributed by atoms with Crippen LogP contribution < -0.4 is 10.1 Å². The molecule has 1 aliphatic rings. The maximum absolute atomic E-state index is 13.0.